The van der Waals surface area contributed by atoms with E-state index in [1.54, 1.807) is 30.6 Å². The normalized spacial score (nSPS) is 10.8. The molecule has 0 aliphatic carbocycles. The minimum absolute atomic E-state index is 0.115. The first-order valence-corrected chi connectivity index (χ1v) is 8.80. The van der Waals surface area contributed by atoms with E-state index in [-0.39, 0.29) is 19.1 Å². The lowest BCUT2D eigenvalue weighted by Gasteiger charge is -2.10. The number of hydrogen-bond donors (Lipinski definition) is 2. The number of amides is 1. The quantitative estimate of drug-likeness (QED) is 0.559. The van der Waals surface area contributed by atoms with Crippen molar-refractivity contribution in [3.8, 4) is 22.8 Å². The van der Waals surface area contributed by atoms with Crippen LogP contribution in [0.25, 0.3) is 33.8 Å². The van der Waals surface area contributed by atoms with E-state index in [0.29, 0.717) is 39.4 Å². The van der Waals surface area contributed by atoms with Gasteiger partial charge >= 0.3 is 0 Å². The SMILES string of the molecule is O=C(NCCO)c1ccc2nc(-c3ccccn3)c(-c3ccccn3)nc2c1. The van der Waals surface area contributed by atoms with E-state index in [0.717, 1.165) is 0 Å². The van der Waals surface area contributed by atoms with E-state index in [1.807, 2.05) is 36.4 Å². The summed E-state index contributed by atoms with van der Waals surface area (Å²) in [5, 5.41) is 11.5. The average molecular weight is 371 g/mol. The number of nitrogens with zero attached hydrogens (tertiary/aromatic N) is 4. The monoisotopic (exact) mass is 371 g/mol. The fourth-order valence-corrected chi connectivity index (χ4v) is 2.83. The van der Waals surface area contributed by atoms with Gasteiger partial charge in [-0.3, -0.25) is 14.8 Å². The van der Waals surface area contributed by atoms with Gasteiger partial charge in [-0.25, -0.2) is 9.97 Å². The van der Waals surface area contributed by atoms with Gasteiger partial charge in [-0.05, 0) is 42.5 Å². The number of benzene rings is 1. The number of aliphatic hydroxyl groups is 1. The number of carbonyl (C=O) groups excluding carboxylic acids is 1. The molecule has 0 bridgehead atoms. The van der Waals surface area contributed by atoms with E-state index >= 15 is 0 Å². The number of rotatable bonds is 5. The number of aromatic nitrogens is 4. The molecule has 7 heteroatoms. The maximum Gasteiger partial charge on any atom is 0.251 e. The molecule has 7 nitrogen and oxygen atoms in total. The molecule has 1 aromatic carbocycles. The van der Waals surface area contributed by atoms with E-state index in [9.17, 15) is 4.79 Å². The molecule has 2 N–H and O–H groups in total. The number of nitrogens with one attached hydrogen (secondary N) is 1. The van der Waals surface area contributed by atoms with Gasteiger partial charge in [-0.15, -0.1) is 0 Å². The highest BCUT2D eigenvalue weighted by molar-refractivity contribution is 5.98. The van der Waals surface area contributed by atoms with Gasteiger partial charge in [0.25, 0.3) is 5.91 Å². The molecule has 4 rings (SSSR count). The second kappa shape index (κ2) is 7.89. The minimum Gasteiger partial charge on any atom is -0.395 e. The molecule has 0 saturated carbocycles. The molecule has 28 heavy (non-hydrogen) atoms. The Hall–Kier alpha value is -3.71. The van der Waals surface area contributed by atoms with Crippen LogP contribution in [0.15, 0.2) is 67.0 Å². The van der Waals surface area contributed by atoms with Crippen LogP contribution in [0.3, 0.4) is 0 Å². The van der Waals surface area contributed by atoms with E-state index < -0.39 is 0 Å². The highest BCUT2D eigenvalue weighted by Gasteiger charge is 2.16. The van der Waals surface area contributed by atoms with Crippen molar-refractivity contribution in [3.05, 3.63) is 72.6 Å². The maximum atomic E-state index is 12.2. The molecular weight excluding hydrogens is 354 g/mol. The summed E-state index contributed by atoms with van der Waals surface area (Å²) in [7, 11) is 0. The molecule has 0 unspecified atom stereocenters. The fraction of sp³-hybridized carbons (Fsp3) is 0.0952. The Balaban J connectivity index is 1.88. The number of fused-ring (bicyclic) bond motifs is 1. The summed E-state index contributed by atoms with van der Waals surface area (Å²) in [6.07, 6.45) is 3.40. The molecule has 0 saturated heterocycles. The highest BCUT2D eigenvalue weighted by Crippen LogP contribution is 2.28. The van der Waals surface area contributed by atoms with Gasteiger partial charge < -0.3 is 10.4 Å². The van der Waals surface area contributed by atoms with Crippen LogP contribution in [-0.2, 0) is 0 Å². The fourth-order valence-electron chi connectivity index (χ4n) is 2.83. The first kappa shape index (κ1) is 17.7. The Morgan fingerprint density at radius 3 is 2.07 bits per heavy atom. The molecule has 0 radical (unpaired) electrons. The third-order valence-corrected chi connectivity index (χ3v) is 4.14. The summed E-state index contributed by atoms with van der Waals surface area (Å²) >= 11 is 0. The van der Waals surface area contributed by atoms with Crippen LogP contribution in [0, 0.1) is 0 Å². The molecule has 0 aliphatic rings. The van der Waals surface area contributed by atoms with Crippen molar-refractivity contribution in [3.63, 3.8) is 0 Å². The Morgan fingerprint density at radius 1 is 0.857 bits per heavy atom. The van der Waals surface area contributed by atoms with Crippen LogP contribution in [-0.4, -0.2) is 44.1 Å². The molecule has 0 atom stereocenters. The van der Waals surface area contributed by atoms with Crippen LogP contribution in [0.4, 0.5) is 0 Å². The minimum atomic E-state index is -0.272. The van der Waals surface area contributed by atoms with Gasteiger partial charge in [-0.2, -0.15) is 0 Å². The predicted molar refractivity (Wildman–Crippen MR) is 105 cm³/mol. The third kappa shape index (κ3) is 3.56. The largest absolute Gasteiger partial charge is 0.395 e. The number of aliphatic hydroxyl groups excluding tert-OH is 1. The van der Waals surface area contributed by atoms with Crippen LogP contribution in [0.2, 0.25) is 0 Å². The third-order valence-electron chi connectivity index (χ3n) is 4.14. The summed E-state index contributed by atoms with van der Waals surface area (Å²) in [4.78, 5) is 30.5. The molecule has 1 amide bonds. The molecule has 4 aromatic rings. The lowest BCUT2D eigenvalue weighted by Crippen LogP contribution is -2.26. The van der Waals surface area contributed by atoms with Gasteiger partial charge in [0.15, 0.2) is 0 Å². The summed E-state index contributed by atoms with van der Waals surface area (Å²) < 4.78 is 0. The molecule has 138 valence electrons. The second-order valence-electron chi connectivity index (χ2n) is 6.03. The number of pyridine rings is 2. The van der Waals surface area contributed by atoms with Gasteiger partial charge in [-0.1, -0.05) is 12.1 Å². The first-order chi connectivity index (χ1) is 13.8. The van der Waals surface area contributed by atoms with Crippen LogP contribution in [0.5, 0.6) is 0 Å². The smallest absolute Gasteiger partial charge is 0.251 e. The highest BCUT2D eigenvalue weighted by atomic mass is 16.3. The zero-order valence-corrected chi connectivity index (χ0v) is 14.9. The Bertz CT molecular complexity index is 1120. The molecule has 3 heterocycles. The summed E-state index contributed by atoms with van der Waals surface area (Å²) in [5.74, 6) is -0.272. The van der Waals surface area contributed by atoms with Gasteiger partial charge in [0, 0.05) is 24.5 Å². The van der Waals surface area contributed by atoms with Gasteiger partial charge in [0.1, 0.15) is 11.4 Å². The molecule has 0 aliphatic heterocycles. The molecule has 0 fully saturated rings. The maximum absolute atomic E-state index is 12.2. The van der Waals surface area contributed by atoms with Crippen molar-refractivity contribution in [2.75, 3.05) is 13.2 Å². The Morgan fingerprint density at radius 2 is 1.50 bits per heavy atom. The standard InChI is InChI=1S/C21H17N5O2/c27-12-11-24-21(28)14-7-8-15-18(13-14)26-20(17-6-2-4-10-23-17)19(25-15)16-5-1-3-9-22-16/h1-10,13,27H,11-12H2,(H,24,28). The van der Waals surface area contributed by atoms with Crippen LogP contribution in [0.1, 0.15) is 10.4 Å². The van der Waals surface area contributed by atoms with Gasteiger partial charge in [0.2, 0.25) is 0 Å². The summed E-state index contributed by atoms with van der Waals surface area (Å²) in [5.41, 5.74) is 4.28. The van der Waals surface area contributed by atoms with E-state index in [2.05, 4.69) is 15.3 Å². The predicted octanol–water partition coefficient (Wildman–Crippen LogP) is 2.48. The van der Waals surface area contributed by atoms with Crippen molar-refractivity contribution in [1.29, 1.82) is 0 Å². The van der Waals surface area contributed by atoms with Crippen molar-refractivity contribution in [1.82, 2.24) is 25.3 Å². The summed E-state index contributed by atoms with van der Waals surface area (Å²) in [6.45, 7) is 0.0801. The number of hydrogen-bond acceptors (Lipinski definition) is 6. The van der Waals surface area contributed by atoms with Gasteiger partial charge in [0.05, 0.1) is 29.0 Å². The molecule has 0 spiro atoms. The van der Waals surface area contributed by atoms with E-state index in [1.165, 1.54) is 0 Å². The lowest BCUT2D eigenvalue weighted by molar-refractivity contribution is 0.0945. The van der Waals surface area contributed by atoms with Crippen LogP contribution >= 0.6 is 0 Å². The summed E-state index contributed by atoms with van der Waals surface area (Å²) in [6, 6.07) is 16.3. The Kier molecular flexibility index (Phi) is 4.99. The van der Waals surface area contributed by atoms with Crippen molar-refractivity contribution < 1.29 is 9.90 Å². The average Bonchev–Trinajstić information content (AvgIpc) is 2.77. The zero-order valence-electron chi connectivity index (χ0n) is 14.9. The second-order valence-corrected chi connectivity index (χ2v) is 6.03. The first-order valence-electron chi connectivity index (χ1n) is 8.80. The Labute approximate surface area is 161 Å². The van der Waals surface area contributed by atoms with E-state index in [4.69, 9.17) is 15.1 Å². The van der Waals surface area contributed by atoms with Crippen molar-refractivity contribution in [2.45, 2.75) is 0 Å². The zero-order chi connectivity index (χ0) is 19.3. The molecule has 3 aromatic heterocycles. The van der Waals surface area contributed by atoms with Crippen molar-refractivity contribution in [2.24, 2.45) is 0 Å². The topological polar surface area (TPSA) is 101 Å². The lowest BCUT2D eigenvalue weighted by atomic mass is 10.1. The van der Waals surface area contributed by atoms with Crippen molar-refractivity contribution >= 4 is 16.9 Å². The molecular formula is C21H17N5O2. The van der Waals surface area contributed by atoms with Crippen LogP contribution < -0.4 is 5.32 Å². The number of carbonyl (C=O) groups is 1.